The molecule has 3 rings (SSSR count). The van der Waals surface area contributed by atoms with Crippen molar-refractivity contribution < 1.29 is 19.5 Å². The van der Waals surface area contributed by atoms with Crippen molar-refractivity contribution in [2.24, 2.45) is 0 Å². The maximum Gasteiger partial charge on any atom is 0.262 e. The van der Waals surface area contributed by atoms with Gasteiger partial charge in [0, 0.05) is 37.7 Å². The van der Waals surface area contributed by atoms with Crippen LogP contribution in [0.25, 0.3) is 5.57 Å². The first-order valence-electron chi connectivity index (χ1n) is 10.5. The lowest BCUT2D eigenvalue weighted by atomic mass is 9.93. The normalized spacial score (nSPS) is 14.5. The molecule has 1 atom stereocenters. The number of nitrogens with one attached hydrogen (secondary N) is 2. The van der Waals surface area contributed by atoms with Gasteiger partial charge in [0.2, 0.25) is 11.8 Å². The summed E-state index contributed by atoms with van der Waals surface area (Å²) in [6, 6.07) is 20.4. The van der Waals surface area contributed by atoms with Gasteiger partial charge in [0.15, 0.2) is 0 Å². The second-order valence-corrected chi connectivity index (χ2v) is 7.25. The number of nitrogens with zero attached hydrogens (tertiary/aromatic N) is 2. The van der Waals surface area contributed by atoms with Gasteiger partial charge in [-0.3, -0.25) is 14.4 Å². The molecule has 0 fully saturated rings. The zero-order valence-electron chi connectivity index (χ0n) is 17.9. The smallest absolute Gasteiger partial charge is 0.262 e. The van der Waals surface area contributed by atoms with E-state index in [2.05, 4.69) is 10.6 Å². The predicted octanol–water partition coefficient (Wildman–Crippen LogP) is 1.35. The maximum atomic E-state index is 12.8. The molecular formula is C25H24N4O4. The minimum Gasteiger partial charge on any atom is -0.370 e. The minimum atomic E-state index is -1.01. The van der Waals surface area contributed by atoms with E-state index in [0.717, 1.165) is 11.1 Å². The third kappa shape index (κ3) is 6.15. The molecule has 3 amide bonds. The quantitative estimate of drug-likeness (QED) is 0.306. The summed E-state index contributed by atoms with van der Waals surface area (Å²) in [6.07, 6.45) is 1.63. The molecule has 3 N–H and O–H groups in total. The fourth-order valence-electron chi connectivity index (χ4n) is 3.40. The van der Waals surface area contributed by atoms with E-state index in [4.69, 9.17) is 0 Å². The van der Waals surface area contributed by atoms with Crippen LogP contribution >= 0.6 is 0 Å². The molecule has 0 aliphatic carbocycles. The Morgan fingerprint density at radius 1 is 0.970 bits per heavy atom. The van der Waals surface area contributed by atoms with Crippen LogP contribution in [0.2, 0.25) is 0 Å². The van der Waals surface area contributed by atoms with Gasteiger partial charge in [-0.2, -0.15) is 5.26 Å². The summed E-state index contributed by atoms with van der Waals surface area (Å²) in [5, 5.41) is 24.7. The topological polar surface area (TPSA) is 123 Å². The Bertz CT molecular complexity index is 1060. The second kappa shape index (κ2) is 11.4. The van der Waals surface area contributed by atoms with Crippen LogP contribution in [0.15, 0.2) is 78.4 Å². The van der Waals surface area contributed by atoms with Crippen molar-refractivity contribution in [3.05, 3.63) is 89.5 Å². The molecule has 8 heteroatoms. The van der Waals surface area contributed by atoms with Gasteiger partial charge < -0.3 is 20.6 Å². The van der Waals surface area contributed by atoms with Crippen LogP contribution in [0, 0.1) is 11.3 Å². The number of amides is 3. The summed E-state index contributed by atoms with van der Waals surface area (Å²) in [5.74, 6) is -1.20. The van der Waals surface area contributed by atoms with Crippen LogP contribution in [0.5, 0.6) is 0 Å². The minimum absolute atomic E-state index is 0.0206. The number of benzene rings is 2. The molecular weight excluding hydrogens is 420 g/mol. The summed E-state index contributed by atoms with van der Waals surface area (Å²) in [7, 11) is 0. The Morgan fingerprint density at radius 3 is 2.06 bits per heavy atom. The molecule has 2 aromatic rings. The molecule has 8 nitrogen and oxygen atoms in total. The standard InChI is InChI=1S/C25H24N4O4/c26-17-20(24(18-7-3-1-4-8-18)19-9-5-2-6-10-19)25(33)28-15-14-27-21(30)13-16-29-22(31)11-12-23(29)32/h1-12,22,31H,13-16H2,(H,27,30)(H,28,33). The zero-order chi connectivity index (χ0) is 23.6. The molecule has 168 valence electrons. The lowest BCUT2D eigenvalue weighted by molar-refractivity contribution is -0.132. The van der Waals surface area contributed by atoms with E-state index < -0.39 is 12.1 Å². The van der Waals surface area contributed by atoms with Gasteiger partial charge in [-0.05, 0) is 17.2 Å². The monoisotopic (exact) mass is 444 g/mol. The summed E-state index contributed by atoms with van der Waals surface area (Å²) >= 11 is 0. The van der Waals surface area contributed by atoms with E-state index in [0.29, 0.717) is 5.57 Å². The molecule has 0 saturated heterocycles. The summed E-state index contributed by atoms with van der Waals surface area (Å²) in [5.41, 5.74) is 2.00. The lowest BCUT2D eigenvalue weighted by Gasteiger charge is -2.19. The summed E-state index contributed by atoms with van der Waals surface area (Å²) in [4.78, 5) is 37.5. The highest BCUT2D eigenvalue weighted by molar-refractivity contribution is 6.08. The summed E-state index contributed by atoms with van der Waals surface area (Å²) < 4.78 is 0. The van der Waals surface area contributed by atoms with Gasteiger partial charge in [0.25, 0.3) is 5.91 Å². The van der Waals surface area contributed by atoms with Crippen LogP contribution in [0.3, 0.4) is 0 Å². The van der Waals surface area contributed by atoms with Crippen molar-refractivity contribution in [1.29, 1.82) is 5.26 Å². The van der Waals surface area contributed by atoms with Gasteiger partial charge in [-0.1, -0.05) is 60.7 Å². The van der Waals surface area contributed by atoms with Gasteiger partial charge in [-0.25, -0.2) is 0 Å². The van der Waals surface area contributed by atoms with Gasteiger partial charge >= 0.3 is 0 Å². The molecule has 2 aromatic carbocycles. The average molecular weight is 444 g/mol. The van der Waals surface area contributed by atoms with Gasteiger partial charge in [-0.15, -0.1) is 0 Å². The SMILES string of the molecule is N#CC(C(=O)NCCNC(=O)CCN1C(=O)C=CC1O)=C(c1ccccc1)c1ccccc1. The van der Waals surface area contributed by atoms with E-state index in [1.165, 1.54) is 17.1 Å². The van der Waals surface area contributed by atoms with Crippen molar-refractivity contribution in [2.45, 2.75) is 12.6 Å². The fraction of sp³-hybridized carbons (Fsp3) is 0.200. The Hall–Kier alpha value is -4.22. The molecule has 0 bridgehead atoms. The van der Waals surface area contributed by atoms with Crippen LogP contribution in [0.1, 0.15) is 17.5 Å². The first-order chi connectivity index (χ1) is 16.0. The molecule has 1 unspecified atom stereocenters. The van der Waals surface area contributed by atoms with E-state index in [9.17, 15) is 24.8 Å². The van der Waals surface area contributed by atoms with Crippen molar-refractivity contribution in [2.75, 3.05) is 19.6 Å². The number of aliphatic hydroxyl groups excluding tert-OH is 1. The van der Waals surface area contributed by atoms with Crippen LogP contribution in [0.4, 0.5) is 0 Å². The molecule has 0 spiro atoms. The van der Waals surface area contributed by atoms with Crippen molar-refractivity contribution in [3.63, 3.8) is 0 Å². The molecule has 1 aliphatic heterocycles. The number of carbonyl (C=O) groups excluding carboxylic acids is 3. The summed E-state index contributed by atoms with van der Waals surface area (Å²) in [6.45, 7) is 0.369. The number of hydrogen-bond donors (Lipinski definition) is 3. The molecule has 1 aliphatic rings. The van der Waals surface area contributed by atoms with E-state index in [1.807, 2.05) is 66.7 Å². The predicted molar refractivity (Wildman–Crippen MR) is 122 cm³/mol. The number of hydrogen-bond acceptors (Lipinski definition) is 5. The highest BCUT2D eigenvalue weighted by atomic mass is 16.3. The Kier molecular flexibility index (Phi) is 8.11. The number of rotatable bonds is 9. The van der Waals surface area contributed by atoms with Crippen molar-refractivity contribution in [1.82, 2.24) is 15.5 Å². The van der Waals surface area contributed by atoms with E-state index >= 15 is 0 Å². The van der Waals surface area contributed by atoms with Crippen molar-refractivity contribution >= 4 is 23.3 Å². The highest BCUT2D eigenvalue weighted by Gasteiger charge is 2.23. The molecule has 33 heavy (non-hydrogen) atoms. The Balaban J connectivity index is 1.58. The third-order valence-corrected chi connectivity index (χ3v) is 5.04. The average Bonchev–Trinajstić information content (AvgIpc) is 3.16. The van der Waals surface area contributed by atoms with Gasteiger partial charge in [0.1, 0.15) is 17.9 Å². The van der Waals surface area contributed by atoms with Gasteiger partial charge in [0.05, 0.1) is 0 Å². The number of carbonyl (C=O) groups is 3. The van der Waals surface area contributed by atoms with Crippen LogP contribution in [-0.4, -0.2) is 53.6 Å². The van der Waals surface area contributed by atoms with Crippen LogP contribution < -0.4 is 10.6 Å². The fourth-order valence-corrected chi connectivity index (χ4v) is 3.40. The van der Waals surface area contributed by atoms with Crippen molar-refractivity contribution in [3.8, 4) is 6.07 Å². The first-order valence-corrected chi connectivity index (χ1v) is 10.5. The highest BCUT2D eigenvalue weighted by Crippen LogP contribution is 2.26. The molecule has 0 saturated carbocycles. The van der Waals surface area contributed by atoms with E-state index in [1.54, 1.807) is 0 Å². The van der Waals surface area contributed by atoms with Crippen LogP contribution in [-0.2, 0) is 14.4 Å². The third-order valence-electron chi connectivity index (χ3n) is 5.04. The first kappa shape index (κ1) is 23.4. The zero-order valence-corrected chi connectivity index (χ0v) is 17.9. The Morgan fingerprint density at radius 2 is 1.55 bits per heavy atom. The molecule has 0 aromatic heterocycles. The maximum absolute atomic E-state index is 12.8. The molecule has 0 radical (unpaired) electrons. The number of aliphatic hydroxyl groups is 1. The lowest BCUT2D eigenvalue weighted by Crippen LogP contribution is -2.39. The van der Waals surface area contributed by atoms with E-state index in [-0.39, 0.29) is 43.4 Å². The second-order valence-electron chi connectivity index (χ2n) is 7.25. The number of nitriles is 1. The molecule has 1 heterocycles. The Labute approximate surface area is 191 Å². The largest absolute Gasteiger partial charge is 0.370 e.